The molecular weight excluding hydrogens is 442 g/mol. The van der Waals surface area contributed by atoms with E-state index in [0.717, 1.165) is 5.56 Å². The van der Waals surface area contributed by atoms with E-state index in [-0.39, 0.29) is 48.4 Å². The molecule has 12 heteroatoms. The van der Waals surface area contributed by atoms with Crippen molar-refractivity contribution in [3.05, 3.63) is 78.9 Å². The molecule has 0 amide bonds. The van der Waals surface area contributed by atoms with Crippen LogP contribution in [0.5, 0.6) is 5.75 Å². The van der Waals surface area contributed by atoms with Gasteiger partial charge in [-0.15, -0.1) is 0 Å². The van der Waals surface area contributed by atoms with Gasteiger partial charge in [-0.25, -0.2) is 8.42 Å². The molecule has 1 heterocycles. The molecule has 0 bridgehead atoms. The Balaban J connectivity index is 0.000000664. The summed E-state index contributed by atoms with van der Waals surface area (Å²) in [6.45, 7) is 0. The van der Waals surface area contributed by atoms with Gasteiger partial charge in [-0.1, -0.05) is 60.4 Å². The van der Waals surface area contributed by atoms with Gasteiger partial charge in [0.05, 0.1) is 10.1 Å². The van der Waals surface area contributed by atoms with Crippen molar-refractivity contribution in [2.45, 2.75) is 4.90 Å². The third-order valence-electron chi connectivity index (χ3n) is 3.67. The van der Waals surface area contributed by atoms with Crippen molar-refractivity contribution in [3.63, 3.8) is 0 Å². The second kappa shape index (κ2) is 11.7. The minimum Gasteiger partial charge on any atom is -0.748 e. The molecule has 0 aliphatic rings. The molecule has 0 N–H and O–H groups in total. The fourth-order valence-corrected chi connectivity index (χ4v) is 3.41. The third kappa shape index (κ3) is 8.16. The number of imidazole rings is 1. The number of nitrogens with zero attached hydrogens (tertiary/aromatic N) is 2. The molecular formula is C20H16Li2N2O6S2. The molecule has 156 valence electrons. The first-order valence-corrected chi connectivity index (χ1v) is 11.7. The van der Waals surface area contributed by atoms with E-state index in [1.807, 2.05) is 30.3 Å². The minimum atomic E-state index is -3.93. The van der Waals surface area contributed by atoms with Crippen LogP contribution in [-0.2, 0) is 20.2 Å². The zero-order valence-corrected chi connectivity index (χ0v) is 19.3. The standard InChI is InChI=1S/C19H13N2O3S.CH4O3S.2Li/c22-25(23,24-15-9-5-2-6-10-15)16-11-12-17-18(13-16)21-19(20-17)14-7-3-1-4-8-14;1-5(2,3)4;;/h1-13H;1H3,(H,2,3,4);;/q-1;;2*+1/p-1. The maximum atomic E-state index is 12.5. The molecule has 0 spiro atoms. The number of rotatable bonds is 4. The molecule has 0 atom stereocenters. The second-order valence-corrected chi connectivity index (χ2v) is 9.07. The average molecular weight is 458 g/mol. The van der Waals surface area contributed by atoms with Crippen LogP contribution in [0.3, 0.4) is 0 Å². The first-order chi connectivity index (χ1) is 14.1. The van der Waals surface area contributed by atoms with Gasteiger partial charge in [-0.2, -0.15) is 8.42 Å². The van der Waals surface area contributed by atoms with Gasteiger partial charge >= 0.3 is 47.8 Å². The normalized spacial score (nSPS) is 10.8. The summed E-state index contributed by atoms with van der Waals surface area (Å²) in [7, 11) is -7.84. The summed E-state index contributed by atoms with van der Waals surface area (Å²) >= 11 is 0. The molecule has 0 unspecified atom stereocenters. The number of benzene rings is 3. The summed E-state index contributed by atoms with van der Waals surface area (Å²) in [5.41, 5.74) is 2.03. The molecule has 0 aliphatic carbocycles. The van der Waals surface area contributed by atoms with Crippen molar-refractivity contribution in [2.75, 3.05) is 6.26 Å². The molecule has 1 aromatic heterocycles. The molecule has 0 saturated heterocycles. The van der Waals surface area contributed by atoms with Crippen molar-refractivity contribution in [3.8, 4) is 17.1 Å². The Morgan fingerprint density at radius 3 is 1.94 bits per heavy atom. The molecule has 3 aromatic carbocycles. The van der Waals surface area contributed by atoms with E-state index in [4.69, 9.17) is 17.2 Å². The number of fused-ring (bicyclic) bond motifs is 1. The third-order valence-corrected chi connectivity index (χ3v) is 4.91. The van der Waals surface area contributed by atoms with Crippen LogP contribution in [0.15, 0.2) is 83.8 Å². The maximum Gasteiger partial charge on any atom is 1.00 e. The van der Waals surface area contributed by atoms with Gasteiger partial charge in [0, 0.05) is 6.26 Å². The SMILES string of the molecule is CS(=O)(=O)[O-].O=S(=O)(Oc1ccccc1)c1ccc2[n-]c(-c3ccccc3)nc2c1.[Li+].[Li+]. The fourth-order valence-electron chi connectivity index (χ4n) is 2.46. The van der Waals surface area contributed by atoms with Crippen LogP contribution in [0.4, 0.5) is 0 Å². The first-order valence-electron chi connectivity index (χ1n) is 8.52. The number of hydrogen-bond acceptors (Lipinski definition) is 7. The predicted octanol–water partition coefficient (Wildman–Crippen LogP) is -3.20. The molecule has 4 aromatic rings. The van der Waals surface area contributed by atoms with Gasteiger partial charge in [0.1, 0.15) is 10.6 Å². The number of aromatic nitrogens is 2. The Kier molecular flexibility index (Phi) is 10.3. The Morgan fingerprint density at radius 2 is 1.38 bits per heavy atom. The van der Waals surface area contributed by atoms with E-state index >= 15 is 0 Å². The van der Waals surface area contributed by atoms with Gasteiger partial charge in [0.15, 0.2) is 0 Å². The molecule has 0 saturated carbocycles. The topological polar surface area (TPSA) is 128 Å². The van der Waals surface area contributed by atoms with Crippen LogP contribution >= 0.6 is 0 Å². The van der Waals surface area contributed by atoms with Crippen molar-refractivity contribution < 1.29 is 63.3 Å². The van der Waals surface area contributed by atoms with Crippen molar-refractivity contribution >= 4 is 31.3 Å². The summed E-state index contributed by atoms with van der Waals surface area (Å²) in [4.78, 5) is 8.92. The van der Waals surface area contributed by atoms with Crippen LogP contribution in [-0.4, -0.2) is 32.6 Å². The van der Waals surface area contributed by atoms with E-state index < -0.39 is 20.2 Å². The van der Waals surface area contributed by atoms with E-state index in [1.54, 1.807) is 36.4 Å². The quantitative estimate of drug-likeness (QED) is 0.178. The van der Waals surface area contributed by atoms with Crippen LogP contribution < -0.4 is 46.9 Å². The van der Waals surface area contributed by atoms with Gasteiger partial charge in [0.25, 0.3) is 0 Å². The van der Waals surface area contributed by atoms with Crippen LogP contribution in [0, 0.1) is 0 Å². The van der Waals surface area contributed by atoms with Gasteiger partial charge in [-0.3, -0.25) is 0 Å². The summed E-state index contributed by atoms with van der Waals surface area (Å²) in [6, 6.07) is 22.5. The van der Waals surface area contributed by atoms with Crippen LogP contribution in [0.2, 0.25) is 0 Å². The Morgan fingerprint density at radius 1 is 0.844 bits per heavy atom. The summed E-state index contributed by atoms with van der Waals surface area (Å²) in [5.74, 6) is 0.829. The molecule has 0 fully saturated rings. The van der Waals surface area contributed by atoms with E-state index in [1.165, 1.54) is 12.1 Å². The summed E-state index contributed by atoms with van der Waals surface area (Å²) in [5, 5.41) is 0. The van der Waals surface area contributed by atoms with Crippen LogP contribution in [0.1, 0.15) is 0 Å². The Bertz CT molecular complexity index is 1350. The Labute approximate surface area is 210 Å². The average Bonchev–Trinajstić information content (AvgIpc) is 3.11. The van der Waals surface area contributed by atoms with Crippen LogP contribution in [0.25, 0.3) is 22.4 Å². The van der Waals surface area contributed by atoms with Gasteiger partial charge in [0.2, 0.25) is 0 Å². The molecule has 8 nitrogen and oxygen atoms in total. The molecule has 4 rings (SSSR count). The minimum absolute atomic E-state index is 0. The number of hydrogen-bond donors (Lipinski definition) is 0. The first kappa shape index (κ1) is 28.0. The van der Waals surface area contributed by atoms with Crippen molar-refractivity contribution in [1.29, 1.82) is 0 Å². The zero-order chi connectivity index (χ0) is 21.8. The van der Waals surface area contributed by atoms with E-state index in [2.05, 4.69) is 9.97 Å². The van der Waals surface area contributed by atoms with Crippen molar-refractivity contribution in [2.24, 2.45) is 0 Å². The Hall–Kier alpha value is -2.02. The van der Waals surface area contributed by atoms with E-state index in [0.29, 0.717) is 23.1 Å². The maximum absolute atomic E-state index is 12.5. The van der Waals surface area contributed by atoms with Gasteiger partial charge < -0.3 is 18.7 Å². The molecule has 0 aliphatic heterocycles. The smallest absolute Gasteiger partial charge is 0.748 e. The second-order valence-electron chi connectivity index (χ2n) is 6.12. The predicted molar refractivity (Wildman–Crippen MR) is 110 cm³/mol. The summed E-state index contributed by atoms with van der Waals surface area (Å²) < 4.78 is 57.3. The fraction of sp³-hybridized carbons (Fsp3) is 0.0500. The monoisotopic (exact) mass is 458 g/mol. The van der Waals surface area contributed by atoms with Gasteiger partial charge in [-0.05, 0) is 40.9 Å². The zero-order valence-electron chi connectivity index (χ0n) is 17.7. The van der Waals surface area contributed by atoms with E-state index in [9.17, 15) is 8.42 Å². The summed E-state index contributed by atoms with van der Waals surface area (Å²) in [6.07, 6.45) is 0.604. The molecule has 0 radical (unpaired) electrons. The largest absolute Gasteiger partial charge is 1.00 e. The van der Waals surface area contributed by atoms with Crippen molar-refractivity contribution in [1.82, 2.24) is 9.97 Å². The molecule has 32 heavy (non-hydrogen) atoms. The number of para-hydroxylation sites is 1.